The van der Waals surface area contributed by atoms with Gasteiger partial charge >= 0.3 is 0 Å². The third-order valence-corrected chi connectivity index (χ3v) is 4.43. The molecule has 1 aromatic heterocycles. The van der Waals surface area contributed by atoms with Gasteiger partial charge < -0.3 is 14.6 Å². The second kappa shape index (κ2) is 7.07. The van der Waals surface area contributed by atoms with Crippen LogP contribution in [0, 0.1) is 0 Å². The highest BCUT2D eigenvalue weighted by molar-refractivity contribution is 5.39. The number of aromatic nitrogens is 2. The number of hydrogen-bond acceptors (Lipinski definition) is 5. The third-order valence-electron chi connectivity index (χ3n) is 4.43. The molecule has 0 radical (unpaired) electrons. The Balaban J connectivity index is 1.36. The molecule has 1 aliphatic rings. The molecule has 4 rings (SSSR count). The molecule has 1 N–H and O–H groups in total. The maximum Gasteiger partial charge on any atom is 0.243 e. The van der Waals surface area contributed by atoms with Crippen molar-refractivity contribution in [2.45, 2.75) is 32.4 Å². The fourth-order valence-corrected chi connectivity index (χ4v) is 3.00. The summed E-state index contributed by atoms with van der Waals surface area (Å²) in [6, 6.07) is 16.5. The molecule has 0 saturated carbocycles. The predicted octanol–water partition coefficient (Wildman–Crippen LogP) is 3.45. The fourth-order valence-electron chi connectivity index (χ4n) is 3.00. The van der Waals surface area contributed by atoms with Gasteiger partial charge in [0.05, 0.1) is 12.6 Å². The highest BCUT2D eigenvalue weighted by atomic mass is 16.5. The monoisotopic (exact) mass is 335 g/mol. The Morgan fingerprint density at radius 3 is 2.88 bits per heavy atom. The van der Waals surface area contributed by atoms with Crippen LogP contribution in [-0.4, -0.2) is 16.7 Å². The van der Waals surface area contributed by atoms with Crippen molar-refractivity contribution < 1.29 is 9.26 Å². The lowest BCUT2D eigenvalue weighted by Crippen LogP contribution is -2.18. The van der Waals surface area contributed by atoms with Crippen molar-refractivity contribution >= 4 is 0 Å². The van der Waals surface area contributed by atoms with Gasteiger partial charge in [0.25, 0.3) is 0 Å². The van der Waals surface area contributed by atoms with Crippen molar-refractivity contribution in [2.75, 3.05) is 6.61 Å². The van der Waals surface area contributed by atoms with Crippen LogP contribution in [0.2, 0.25) is 0 Å². The molecule has 0 saturated heterocycles. The largest absolute Gasteiger partial charge is 0.493 e. The molecule has 0 fully saturated rings. The summed E-state index contributed by atoms with van der Waals surface area (Å²) in [5.41, 5.74) is 3.70. The summed E-state index contributed by atoms with van der Waals surface area (Å²) in [7, 11) is 0. The van der Waals surface area contributed by atoms with E-state index in [4.69, 9.17) is 9.26 Å². The van der Waals surface area contributed by atoms with E-state index in [1.165, 1.54) is 16.7 Å². The molecule has 1 aliphatic heterocycles. The molecule has 25 heavy (non-hydrogen) atoms. The molecular weight excluding hydrogens is 314 g/mol. The van der Waals surface area contributed by atoms with Crippen LogP contribution in [0.5, 0.6) is 5.75 Å². The highest BCUT2D eigenvalue weighted by Crippen LogP contribution is 2.26. The summed E-state index contributed by atoms with van der Waals surface area (Å²) in [5.74, 6) is 2.35. The first-order chi connectivity index (χ1) is 12.3. The van der Waals surface area contributed by atoms with Gasteiger partial charge in [0.1, 0.15) is 5.75 Å². The van der Waals surface area contributed by atoms with Gasteiger partial charge in [-0.3, -0.25) is 0 Å². The van der Waals surface area contributed by atoms with Gasteiger partial charge in [0, 0.05) is 19.4 Å². The Bertz CT molecular complexity index is 845. The molecule has 5 nitrogen and oxygen atoms in total. The number of fused-ring (bicyclic) bond motifs is 1. The second-order valence-electron chi connectivity index (χ2n) is 6.35. The first kappa shape index (κ1) is 15.8. The van der Waals surface area contributed by atoms with Crippen LogP contribution in [0.3, 0.4) is 0 Å². The smallest absolute Gasteiger partial charge is 0.243 e. The number of nitrogens with zero attached hydrogens (tertiary/aromatic N) is 2. The molecule has 128 valence electrons. The lowest BCUT2D eigenvalue weighted by molar-refractivity contribution is 0.336. The first-order valence-electron chi connectivity index (χ1n) is 8.62. The Morgan fingerprint density at radius 2 is 2.00 bits per heavy atom. The number of ether oxygens (including phenoxy) is 1. The van der Waals surface area contributed by atoms with Gasteiger partial charge in [-0.15, -0.1) is 0 Å². The van der Waals surface area contributed by atoms with E-state index >= 15 is 0 Å². The van der Waals surface area contributed by atoms with E-state index in [2.05, 4.69) is 45.8 Å². The molecule has 0 spiro atoms. The van der Waals surface area contributed by atoms with Crippen molar-refractivity contribution in [1.29, 1.82) is 0 Å². The van der Waals surface area contributed by atoms with Gasteiger partial charge in [-0.1, -0.05) is 47.6 Å². The van der Waals surface area contributed by atoms with Crippen LogP contribution in [0.4, 0.5) is 0 Å². The Hall–Kier alpha value is -2.66. The summed E-state index contributed by atoms with van der Waals surface area (Å²) >= 11 is 0. The zero-order valence-electron chi connectivity index (χ0n) is 14.2. The van der Waals surface area contributed by atoms with E-state index in [-0.39, 0.29) is 6.04 Å². The molecule has 0 aliphatic carbocycles. The highest BCUT2D eigenvalue weighted by Gasteiger charge is 2.15. The van der Waals surface area contributed by atoms with E-state index in [0.717, 1.165) is 25.3 Å². The van der Waals surface area contributed by atoms with Gasteiger partial charge in [-0.2, -0.15) is 4.98 Å². The van der Waals surface area contributed by atoms with Gasteiger partial charge in [0.15, 0.2) is 5.82 Å². The van der Waals surface area contributed by atoms with Crippen molar-refractivity contribution in [3.8, 4) is 5.75 Å². The molecule has 0 bridgehead atoms. The molecule has 3 aromatic rings. The number of nitrogens with one attached hydrogen (secondary N) is 1. The number of hydrogen-bond donors (Lipinski definition) is 1. The minimum Gasteiger partial charge on any atom is -0.493 e. The molecule has 1 unspecified atom stereocenters. The van der Waals surface area contributed by atoms with Gasteiger partial charge in [-0.05, 0) is 29.7 Å². The fraction of sp³-hybridized carbons (Fsp3) is 0.300. The van der Waals surface area contributed by atoms with E-state index < -0.39 is 0 Å². The van der Waals surface area contributed by atoms with Crippen LogP contribution < -0.4 is 10.1 Å². The van der Waals surface area contributed by atoms with Crippen LogP contribution >= 0.6 is 0 Å². The molecule has 5 heteroatoms. The van der Waals surface area contributed by atoms with Crippen LogP contribution in [0.15, 0.2) is 53.1 Å². The van der Waals surface area contributed by atoms with E-state index in [1.807, 2.05) is 25.1 Å². The van der Waals surface area contributed by atoms with E-state index in [1.54, 1.807) is 0 Å². The van der Waals surface area contributed by atoms with Crippen molar-refractivity contribution in [3.05, 3.63) is 76.9 Å². The van der Waals surface area contributed by atoms with Crippen molar-refractivity contribution in [2.24, 2.45) is 0 Å². The molecular formula is C20H21N3O2. The third kappa shape index (κ3) is 3.72. The van der Waals surface area contributed by atoms with E-state index in [0.29, 0.717) is 18.1 Å². The quantitative estimate of drug-likeness (QED) is 0.748. The zero-order chi connectivity index (χ0) is 17.1. The minimum atomic E-state index is 0.00141. The summed E-state index contributed by atoms with van der Waals surface area (Å²) in [6.07, 6.45) is 1.67. The summed E-state index contributed by atoms with van der Waals surface area (Å²) in [4.78, 5) is 4.52. The van der Waals surface area contributed by atoms with Gasteiger partial charge in [-0.25, -0.2) is 0 Å². The summed E-state index contributed by atoms with van der Waals surface area (Å²) < 4.78 is 11.0. The SMILES string of the molecule is CC(NCc1ccc2c(c1)CCO2)c1nc(Cc2ccccc2)no1. The summed E-state index contributed by atoms with van der Waals surface area (Å²) in [6.45, 7) is 3.58. The molecule has 1 atom stereocenters. The van der Waals surface area contributed by atoms with Crippen LogP contribution in [0.25, 0.3) is 0 Å². The Kier molecular flexibility index (Phi) is 4.48. The average Bonchev–Trinajstić information content (AvgIpc) is 3.29. The molecule has 0 amide bonds. The number of benzene rings is 2. The maximum absolute atomic E-state index is 5.55. The lowest BCUT2D eigenvalue weighted by atomic mass is 10.1. The number of rotatable bonds is 6. The van der Waals surface area contributed by atoms with Crippen molar-refractivity contribution in [3.63, 3.8) is 0 Å². The second-order valence-corrected chi connectivity index (χ2v) is 6.35. The predicted molar refractivity (Wildman–Crippen MR) is 94.4 cm³/mol. The normalized spacial score (nSPS) is 14.1. The Morgan fingerprint density at radius 1 is 1.12 bits per heavy atom. The zero-order valence-corrected chi connectivity index (χ0v) is 14.2. The van der Waals surface area contributed by atoms with Gasteiger partial charge in [0.2, 0.25) is 5.89 Å². The standard InChI is InChI=1S/C20H21N3O2/c1-14(21-13-16-7-8-18-17(11-16)9-10-24-18)20-22-19(23-25-20)12-15-5-3-2-4-6-15/h2-8,11,14,21H,9-10,12-13H2,1H3. The van der Waals surface area contributed by atoms with Crippen LogP contribution in [-0.2, 0) is 19.4 Å². The summed E-state index contributed by atoms with van der Waals surface area (Å²) in [5, 5.41) is 7.54. The Labute approximate surface area is 147 Å². The molecule has 2 aromatic carbocycles. The van der Waals surface area contributed by atoms with Crippen molar-refractivity contribution in [1.82, 2.24) is 15.5 Å². The topological polar surface area (TPSA) is 60.2 Å². The van der Waals surface area contributed by atoms with Crippen LogP contribution in [0.1, 0.15) is 41.4 Å². The first-order valence-corrected chi connectivity index (χ1v) is 8.62. The average molecular weight is 335 g/mol. The lowest BCUT2D eigenvalue weighted by Gasteiger charge is -2.10. The van der Waals surface area contributed by atoms with E-state index in [9.17, 15) is 0 Å². The molecule has 2 heterocycles. The maximum atomic E-state index is 5.55. The minimum absolute atomic E-state index is 0.00141.